The maximum Gasteiger partial charge on any atom is 0.132 e. The molecule has 27 heavy (non-hydrogen) atoms. The molecule has 1 fully saturated rings. The summed E-state index contributed by atoms with van der Waals surface area (Å²) in [4.78, 5) is 0. The van der Waals surface area contributed by atoms with Gasteiger partial charge in [0.15, 0.2) is 0 Å². The summed E-state index contributed by atoms with van der Waals surface area (Å²) in [7, 11) is -1.72. The fourth-order valence-electron chi connectivity index (χ4n) is 4.85. The van der Waals surface area contributed by atoms with E-state index in [0.717, 1.165) is 16.7 Å². The molecule has 1 aliphatic heterocycles. The Morgan fingerprint density at radius 2 is 1.22 bits per heavy atom. The normalized spacial score (nSPS) is 18.1. The van der Waals surface area contributed by atoms with Gasteiger partial charge in [-0.05, 0) is 19.1 Å². The summed E-state index contributed by atoms with van der Waals surface area (Å²) >= 11 is 0. The predicted molar refractivity (Wildman–Crippen MR) is 120 cm³/mol. The van der Waals surface area contributed by atoms with Crippen molar-refractivity contribution in [2.75, 3.05) is 25.4 Å². The molecule has 3 aromatic rings. The van der Waals surface area contributed by atoms with Crippen LogP contribution in [0.4, 0.5) is 11.4 Å². The second-order valence-electron chi connectivity index (χ2n) is 7.81. The molecule has 0 aliphatic carbocycles. The zero-order valence-electron chi connectivity index (χ0n) is 16.1. The van der Waals surface area contributed by atoms with Gasteiger partial charge in [-0.3, -0.25) is 4.48 Å². The Morgan fingerprint density at radius 3 is 1.67 bits per heavy atom. The first kappa shape index (κ1) is 18.0. The Morgan fingerprint density at radius 1 is 0.741 bits per heavy atom. The van der Waals surface area contributed by atoms with Crippen molar-refractivity contribution in [3.8, 4) is 0 Å². The lowest BCUT2D eigenvalue weighted by Gasteiger charge is -2.47. The van der Waals surface area contributed by atoms with E-state index in [4.69, 9.17) is 5.73 Å². The Bertz CT molecular complexity index is 826. The van der Waals surface area contributed by atoms with Gasteiger partial charge < -0.3 is 5.73 Å². The maximum atomic E-state index is 5.94. The van der Waals surface area contributed by atoms with E-state index in [9.17, 15) is 0 Å². The molecule has 0 aromatic heterocycles. The van der Waals surface area contributed by atoms with Crippen LogP contribution in [-0.2, 0) is 0 Å². The minimum absolute atomic E-state index is 0.849. The van der Waals surface area contributed by atoms with E-state index in [-0.39, 0.29) is 0 Å². The van der Waals surface area contributed by atoms with Gasteiger partial charge in [0.2, 0.25) is 0 Å². The standard InChI is InChI=1S/C24H29N2Si/c1-2-26(22-15-13-21(25)14-16-22)17-19-27(20-18-26,23-9-5-3-6-10-23)24-11-7-4-8-12-24/h3-16H,2,17-20,25H2,1H3/q+1. The number of nitrogens with two attached hydrogens (primary N) is 1. The lowest BCUT2D eigenvalue weighted by Crippen LogP contribution is -2.68. The number of nitrogens with zero attached hydrogens (tertiary/aromatic N) is 1. The molecule has 4 rings (SSSR count). The number of hydrogen-bond donors (Lipinski definition) is 1. The lowest BCUT2D eigenvalue weighted by atomic mass is 10.2. The first-order chi connectivity index (χ1) is 13.2. The quantitative estimate of drug-likeness (QED) is 0.419. The third kappa shape index (κ3) is 3.22. The summed E-state index contributed by atoms with van der Waals surface area (Å²) in [5.41, 5.74) is 8.20. The molecule has 1 heterocycles. The van der Waals surface area contributed by atoms with Gasteiger partial charge in [0.25, 0.3) is 0 Å². The largest absolute Gasteiger partial charge is 0.399 e. The molecule has 2 N–H and O–H groups in total. The van der Waals surface area contributed by atoms with Crippen LogP contribution in [0.25, 0.3) is 0 Å². The van der Waals surface area contributed by atoms with Gasteiger partial charge in [-0.15, -0.1) is 0 Å². The van der Waals surface area contributed by atoms with Crippen LogP contribution in [0.5, 0.6) is 0 Å². The molecule has 3 aromatic carbocycles. The molecule has 0 radical (unpaired) electrons. The summed E-state index contributed by atoms with van der Waals surface area (Å²) in [6, 6.07) is 33.8. The van der Waals surface area contributed by atoms with E-state index >= 15 is 0 Å². The Hall–Kier alpha value is -2.36. The van der Waals surface area contributed by atoms with E-state index in [1.54, 1.807) is 10.4 Å². The minimum atomic E-state index is -1.72. The molecule has 3 heteroatoms. The summed E-state index contributed by atoms with van der Waals surface area (Å²) in [5.74, 6) is 0. The van der Waals surface area contributed by atoms with Crippen LogP contribution in [0, 0.1) is 0 Å². The van der Waals surface area contributed by atoms with Crippen LogP contribution < -0.4 is 20.6 Å². The zero-order chi connectivity index (χ0) is 18.7. The van der Waals surface area contributed by atoms with E-state index in [1.165, 1.54) is 30.9 Å². The molecular weight excluding hydrogens is 344 g/mol. The van der Waals surface area contributed by atoms with Gasteiger partial charge in [0.05, 0.1) is 19.6 Å². The number of hydrogen-bond acceptors (Lipinski definition) is 1. The summed E-state index contributed by atoms with van der Waals surface area (Å²) in [5, 5.41) is 3.17. The van der Waals surface area contributed by atoms with E-state index in [1.807, 2.05) is 0 Å². The Kier molecular flexibility index (Phi) is 4.90. The number of nitrogen functional groups attached to an aromatic ring is 1. The van der Waals surface area contributed by atoms with Crippen LogP contribution in [0.15, 0.2) is 84.9 Å². The number of anilines is 1. The molecule has 2 nitrogen and oxygen atoms in total. The fraction of sp³-hybridized carbons (Fsp3) is 0.250. The van der Waals surface area contributed by atoms with Crippen LogP contribution in [0.1, 0.15) is 6.92 Å². The molecule has 0 bridgehead atoms. The van der Waals surface area contributed by atoms with Crippen molar-refractivity contribution >= 4 is 29.8 Å². The van der Waals surface area contributed by atoms with Gasteiger partial charge in [0, 0.05) is 29.9 Å². The van der Waals surface area contributed by atoms with Gasteiger partial charge in [0.1, 0.15) is 13.8 Å². The Balaban J connectivity index is 1.72. The highest BCUT2D eigenvalue weighted by Crippen LogP contribution is 2.33. The predicted octanol–water partition coefficient (Wildman–Crippen LogP) is 3.87. The second kappa shape index (κ2) is 7.33. The first-order valence-electron chi connectivity index (χ1n) is 10.0. The van der Waals surface area contributed by atoms with Gasteiger partial charge in [-0.2, -0.15) is 0 Å². The highest BCUT2D eigenvalue weighted by atomic mass is 28.3. The van der Waals surface area contributed by atoms with Gasteiger partial charge >= 0.3 is 0 Å². The topological polar surface area (TPSA) is 26.0 Å². The van der Waals surface area contributed by atoms with Crippen molar-refractivity contribution in [2.24, 2.45) is 0 Å². The second-order valence-corrected chi connectivity index (χ2v) is 12.1. The van der Waals surface area contributed by atoms with Crippen LogP contribution in [0.2, 0.25) is 12.1 Å². The van der Waals surface area contributed by atoms with Crippen LogP contribution in [0.3, 0.4) is 0 Å². The molecule has 0 spiro atoms. The first-order valence-corrected chi connectivity index (χ1v) is 12.4. The molecule has 0 unspecified atom stereocenters. The molecular formula is C24H29N2Si+. The smallest absolute Gasteiger partial charge is 0.132 e. The van der Waals surface area contributed by atoms with E-state index in [0.29, 0.717) is 0 Å². The van der Waals surface area contributed by atoms with Gasteiger partial charge in [-0.1, -0.05) is 71.0 Å². The summed E-state index contributed by atoms with van der Waals surface area (Å²) in [6.07, 6.45) is 0. The summed E-state index contributed by atoms with van der Waals surface area (Å²) < 4.78 is 1.08. The monoisotopic (exact) mass is 373 g/mol. The van der Waals surface area contributed by atoms with Crippen molar-refractivity contribution < 1.29 is 0 Å². The number of rotatable bonds is 4. The minimum Gasteiger partial charge on any atom is -0.399 e. The van der Waals surface area contributed by atoms with Gasteiger partial charge in [-0.25, -0.2) is 0 Å². The molecule has 138 valence electrons. The molecule has 0 amide bonds. The van der Waals surface area contributed by atoms with Crippen molar-refractivity contribution in [3.05, 3.63) is 84.9 Å². The van der Waals surface area contributed by atoms with Crippen molar-refractivity contribution in [1.29, 1.82) is 0 Å². The number of benzene rings is 3. The lowest BCUT2D eigenvalue weighted by molar-refractivity contribution is 0.303. The maximum absolute atomic E-state index is 5.94. The molecule has 1 aliphatic rings. The SMILES string of the molecule is CC[N+]1(c2ccc(N)cc2)CC[Si](c2ccccc2)(c2ccccc2)CC1. The van der Waals surface area contributed by atoms with Crippen molar-refractivity contribution in [2.45, 2.75) is 19.0 Å². The van der Waals surface area contributed by atoms with Crippen LogP contribution >= 0.6 is 0 Å². The van der Waals surface area contributed by atoms with Crippen molar-refractivity contribution in [3.63, 3.8) is 0 Å². The third-order valence-electron chi connectivity index (χ3n) is 6.63. The average molecular weight is 374 g/mol. The number of quaternary nitrogens is 1. The summed E-state index contributed by atoms with van der Waals surface area (Å²) in [6.45, 7) is 5.88. The van der Waals surface area contributed by atoms with Crippen LogP contribution in [-0.4, -0.2) is 27.7 Å². The molecule has 0 saturated carbocycles. The zero-order valence-corrected chi connectivity index (χ0v) is 17.1. The average Bonchev–Trinajstić information content (AvgIpc) is 2.75. The third-order valence-corrected chi connectivity index (χ3v) is 11.7. The highest BCUT2D eigenvalue weighted by Gasteiger charge is 2.46. The van der Waals surface area contributed by atoms with E-state index < -0.39 is 8.07 Å². The fourth-order valence-corrected chi connectivity index (χ4v) is 9.87. The molecule has 1 saturated heterocycles. The highest BCUT2D eigenvalue weighted by molar-refractivity contribution is 7.02. The molecule has 0 atom stereocenters. The Labute approximate surface area is 163 Å². The van der Waals surface area contributed by atoms with Crippen molar-refractivity contribution in [1.82, 2.24) is 4.48 Å². The van der Waals surface area contributed by atoms with E-state index in [2.05, 4.69) is 91.9 Å².